The highest BCUT2D eigenvalue weighted by Gasteiger charge is 1.99. The van der Waals surface area contributed by atoms with Gasteiger partial charge >= 0.3 is 0 Å². The predicted molar refractivity (Wildman–Crippen MR) is 76.1 cm³/mol. The summed E-state index contributed by atoms with van der Waals surface area (Å²) in [6.07, 6.45) is 5.76. The first-order chi connectivity index (χ1) is 9.25. The highest BCUT2D eigenvalue weighted by Crippen LogP contribution is 2.10. The maximum absolute atomic E-state index is 5.49. The summed E-state index contributed by atoms with van der Waals surface area (Å²) in [5.74, 6) is 0.845. The summed E-state index contributed by atoms with van der Waals surface area (Å²) in [5, 5.41) is 3.29. The number of hydrogen-bond donors (Lipinski definition) is 1. The van der Waals surface area contributed by atoms with Crippen LogP contribution in [0.15, 0.2) is 24.5 Å². The molecule has 0 spiro atoms. The van der Waals surface area contributed by atoms with Crippen LogP contribution in [0.3, 0.4) is 0 Å². The molecule has 0 aliphatic heterocycles. The zero-order chi connectivity index (χ0) is 13.5. The van der Waals surface area contributed by atoms with Gasteiger partial charge in [-0.25, -0.2) is 9.97 Å². The van der Waals surface area contributed by atoms with Gasteiger partial charge in [-0.1, -0.05) is 0 Å². The van der Waals surface area contributed by atoms with Crippen molar-refractivity contribution in [3.63, 3.8) is 0 Å². The lowest BCUT2D eigenvalue weighted by Gasteiger charge is -2.08. The quantitative estimate of drug-likeness (QED) is 0.775. The molecule has 0 aliphatic carbocycles. The molecule has 1 N–H and O–H groups in total. The minimum absolute atomic E-state index is 0.314. The average Bonchev–Trinajstić information content (AvgIpc) is 2.42. The van der Waals surface area contributed by atoms with E-state index in [4.69, 9.17) is 4.74 Å². The first-order valence-corrected chi connectivity index (χ1v) is 6.69. The second kappa shape index (κ2) is 6.99. The van der Waals surface area contributed by atoms with Gasteiger partial charge < -0.3 is 10.1 Å². The Bertz CT molecular complexity index is 516. The Morgan fingerprint density at radius 1 is 1.16 bits per heavy atom. The van der Waals surface area contributed by atoms with Gasteiger partial charge in [0.15, 0.2) is 5.65 Å². The van der Waals surface area contributed by atoms with E-state index in [0.717, 1.165) is 37.3 Å². The van der Waals surface area contributed by atoms with E-state index in [1.807, 2.05) is 12.1 Å². The number of nitrogens with zero attached hydrogens (tertiary/aromatic N) is 3. The smallest absolute Gasteiger partial charge is 0.180 e. The third-order valence-corrected chi connectivity index (χ3v) is 2.66. The minimum atomic E-state index is 0.314. The highest BCUT2D eigenvalue weighted by atomic mass is 16.5. The predicted octanol–water partition coefficient (Wildman–Crippen LogP) is 2.64. The number of anilines is 1. The molecule has 0 amide bonds. The first-order valence-electron chi connectivity index (χ1n) is 6.69. The molecular weight excluding hydrogens is 240 g/mol. The number of hydrogen-bond acceptors (Lipinski definition) is 5. The number of pyridine rings is 1. The lowest BCUT2D eigenvalue weighted by atomic mass is 10.3. The molecule has 0 aromatic carbocycles. The Hall–Kier alpha value is -1.75. The molecule has 2 heterocycles. The van der Waals surface area contributed by atoms with Crippen LogP contribution in [0.2, 0.25) is 0 Å². The summed E-state index contributed by atoms with van der Waals surface area (Å²) in [6.45, 7) is 5.81. The summed E-state index contributed by atoms with van der Waals surface area (Å²) >= 11 is 0. The lowest BCUT2D eigenvalue weighted by molar-refractivity contribution is 0.0765. The standard InChI is InChI=1S/C14H20N4O/c1-11(2)19-10-4-3-7-16-13-6-5-12-14(18-13)17-9-8-15-12/h5-6,8-9,11H,3-4,7,10H2,1-2H3,(H,16,17,18). The van der Waals surface area contributed by atoms with Crippen LogP contribution in [0.4, 0.5) is 5.82 Å². The van der Waals surface area contributed by atoms with Gasteiger partial charge in [0, 0.05) is 25.5 Å². The second-order valence-electron chi connectivity index (χ2n) is 4.65. The Balaban J connectivity index is 1.75. The van der Waals surface area contributed by atoms with Crippen molar-refractivity contribution in [3.8, 4) is 0 Å². The van der Waals surface area contributed by atoms with E-state index in [1.165, 1.54) is 0 Å². The normalized spacial score (nSPS) is 11.1. The van der Waals surface area contributed by atoms with Crippen molar-refractivity contribution < 1.29 is 4.74 Å². The van der Waals surface area contributed by atoms with Gasteiger partial charge in [0.1, 0.15) is 11.3 Å². The highest BCUT2D eigenvalue weighted by molar-refractivity contribution is 5.71. The Kier molecular flexibility index (Phi) is 5.03. The molecule has 0 fully saturated rings. The van der Waals surface area contributed by atoms with Crippen molar-refractivity contribution in [3.05, 3.63) is 24.5 Å². The molecule has 5 nitrogen and oxygen atoms in total. The SMILES string of the molecule is CC(C)OCCCCNc1ccc2nccnc2n1. The van der Waals surface area contributed by atoms with Gasteiger partial charge in [-0.2, -0.15) is 0 Å². The van der Waals surface area contributed by atoms with Crippen molar-refractivity contribution in [2.24, 2.45) is 0 Å². The third kappa shape index (κ3) is 4.44. The van der Waals surface area contributed by atoms with Gasteiger partial charge in [-0.3, -0.25) is 4.98 Å². The fraction of sp³-hybridized carbons (Fsp3) is 0.500. The Morgan fingerprint density at radius 2 is 2.00 bits per heavy atom. The number of ether oxygens (including phenoxy) is 1. The van der Waals surface area contributed by atoms with Crippen LogP contribution in [-0.2, 0) is 4.74 Å². The first kappa shape index (κ1) is 13.7. The molecule has 2 rings (SSSR count). The summed E-state index contributed by atoms with van der Waals surface area (Å²) < 4.78 is 5.49. The largest absolute Gasteiger partial charge is 0.379 e. The average molecular weight is 260 g/mol. The van der Waals surface area contributed by atoms with Crippen molar-refractivity contribution in [2.45, 2.75) is 32.8 Å². The van der Waals surface area contributed by atoms with Gasteiger partial charge in [0.25, 0.3) is 0 Å². The summed E-state index contributed by atoms with van der Waals surface area (Å²) in [5.41, 5.74) is 1.49. The third-order valence-electron chi connectivity index (χ3n) is 2.66. The Morgan fingerprint density at radius 3 is 2.84 bits per heavy atom. The topological polar surface area (TPSA) is 59.9 Å². The van der Waals surface area contributed by atoms with Gasteiger partial charge in [0.2, 0.25) is 0 Å². The van der Waals surface area contributed by atoms with E-state index in [9.17, 15) is 0 Å². The van der Waals surface area contributed by atoms with E-state index in [1.54, 1.807) is 12.4 Å². The van der Waals surface area contributed by atoms with Crippen molar-refractivity contribution in [1.82, 2.24) is 15.0 Å². The maximum Gasteiger partial charge on any atom is 0.180 e. The number of aromatic nitrogens is 3. The van der Waals surface area contributed by atoms with E-state index in [2.05, 4.69) is 34.1 Å². The van der Waals surface area contributed by atoms with Crippen LogP contribution in [0.25, 0.3) is 11.2 Å². The molecule has 2 aromatic heterocycles. The van der Waals surface area contributed by atoms with Crippen molar-refractivity contribution >= 4 is 17.0 Å². The zero-order valence-electron chi connectivity index (χ0n) is 11.5. The van der Waals surface area contributed by atoms with E-state index in [-0.39, 0.29) is 0 Å². The molecule has 0 saturated heterocycles. The van der Waals surface area contributed by atoms with Crippen LogP contribution in [0.5, 0.6) is 0 Å². The number of unbranched alkanes of at least 4 members (excludes halogenated alkanes) is 1. The summed E-state index contributed by atoms with van der Waals surface area (Å²) in [4.78, 5) is 12.8. The molecule has 0 aliphatic rings. The van der Waals surface area contributed by atoms with Crippen LogP contribution >= 0.6 is 0 Å². The lowest BCUT2D eigenvalue weighted by Crippen LogP contribution is -2.07. The fourth-order valence-electron chi connectivity index (χ4n) is 1.72. The monoisotopic (exact) mass is 260 g/mol. The summed E-state index contributed by atoms with van der Waals surface area (Å²) in [7, 11) is 0. The zero-order valence-corrected chi connectivity index (χ0v) is 11.5. The van der Waals surface area contributed by atoms with Crippen LogP contribution in [0.1, 0.15) is 26.7 Å². The van der Waals surface area contributed by atoms with Crippen LogP contribution in [-0.4, -0.2) is 34.2 Å². The molecule has 19 heavy (non-hydrogen) atoms. The van der Waals surface area contributed by atoms with Gasteiger partial charge in [-0.15, -0.1) is 0 Å². The van der Waals surface area contributed by atoms with Crippen molar-refractivity contribution in [1.29, 1.82) is 0 Å². The molecule has 5 heteroatoms. The molecule has 0 bridgehead atoms. The van der Waals surface area contributed by atoms with E-state index < -0.39 is 0 Å². The van der Waals surface area contributed by atoms with E-state index in [0.29, 0.717) is 11.8 Å². The van der Waals surface area contributed by atoms with Crippen LogP contribution < -0.4 is 5.32 Å². The molecule has 2 aromatic rings. The van der Waals surface area contributed by atoms with Gasteiger partial charge in [-0.05, 0) is 38.8 Å². The minimum Gasteiger partial charge on any atom is -0.379 e. The number of rotatable bonds is 7. The van der Waals surface area contributed by atoms with Crippen molar-refractivity contribution in [2.75, 3.05) is 18.5 Å². The molecular formula is C14H20N4O. The fourth-order valence-corrected chi connectivity index (χ4v) is 1.72. The Labute approximate surface area is 113 Å². The number of nitrogens with one attached hydrogen (secondary N) is 1. The molecule has 0 saturated carbocycles. The van der Waals surface area contributed by atoms with Crippen LogP contribution in [0, 0.1) is 0 Å². The molecule has 102 valence electrons. The second-order valence-corrected chi connectivity index (χ2v) is 4.65. The number of fused-ring (bicyclic) bond motifs is 1. The van der Waals surface area contributed by atoms with Gasteiger partial charge in [0.05, 0.1) is 6.10 Å². The molecule has 0 atom stereocenters. The summed E-state index contributed by atoms with van der Waals surface area (Å²) in [6, 6.07) is 3.86. The molecule has 0 radical (unpaired) electrons. The molecule has 0 unspecified atom stereocenters. The maximum atomic E-state index is 5.49. The van der Waals surface area contributed by atoms with E-state index >= 15 is 0 Å².